The second-order valence-electron chi connectivity index (χ2n) is 12.5. The molecule has 0 atom stereocenters. The summed E-state index contributed by atoms with van der Waals surface area (Å²) in [5.41, 5.74) is 3.96. The first kappa shape index (κ1) is 34.6. The maximum Gasteiger partial charge on any atom is 0.274 e. The zero-order chi connectivity index (χ0) is 33.1. The van der Waals surface area contributed by atoms with Gasteiger partial charge in [0.05, 0.1) is 24.6 Å². The molecular formula is C38H50N4O4. The van der Waals surface area contributed by atoms with Crippen LogP contribution in [0.3, 0.4) is 0 Å². The Morgan fingerprint density at radius 2 is 1.46 bits per heavy atom. The normalized spacial score (nSPS) is 11.5. The number of ether oxygens (including phenoxy) is 3. The van der Waals surface area contributed by atoms with Crippen molar-refractivity contribution in [2.75, 3.05) is 38.2 Å². The number of anilines is 1. The van der Waals surface area contributed by atoms with Crippen LogP contribution in [0, 0.1) is 0 Å². The number of aromatic nitrogens is 2. The Morgan fingerprint density at radius 3 is 2.09 bits per heavy atom. The number of amides is 1. The molecule has 0 saturated carbocycles. The lowest BCUT2D eigenvalue weighted by Gasteiger charge is -2.19. The number of aryl methyl sites for hydroxylation is 1. The summed E-state index contributed by atoms with van der Waals surface area (Å²) in [5.74, 6) is 2.56. The minimum atomic E-state index is -0.270. The molecule has 0 aliphatic rings. The van der Waals surface area contributed by atoms with Crippen molar-refractivity contribution in [2.24, 2.45) is 7.05 Å². The zero-order valence-corrected chi connectivity index (χ0v) is 28.6. The van der Waals surface area contributed by atoms with Gasteiger partial charge >= 0.3 is 0 Å². The smallest absolute Gasteiger partial charge is 0.274 e. The molecule has 1 amide bonds. The summed E-state index contributed by atoms with van der Waals surface area (Å²) in [7, 11) is 1.77. The Balaban J connectivity index is 1.41. The van der Waals surface area contributed by atoms with Crippen LogP contribution in [0.25, 0.3) is 11.3 Å². The van der Waals surface area contributed by atoms with Gasteiger partial charge in [-0.2, -0.15) is 5.10 Å². The highest BCUT2D eigenvalue weighted by atomic mass is 16.5. The van der Waals surface area contributed by atoms with Gasteiger partial charge in [-0.15, -0.1) is 0 Å². The van der Waals surface area contributed by atoms with Crippen LogP contribution in [-0.4, -0.2) is 53.4 Å². The van der Waals surface area contributed by atoms with Crippen molar-refractivity contribution in [3.63, 3.8) is 0 Å². The van der Waals surface area contributed by atoms with Crippen molar-refractivity contribution in [3.05, 3.63) is 84.1 Å². The number of hydrogen-bond donors (Lipinski definition) is 1. The van der Waals surface area contributed by atoms with Crippen molar-refractivity contribution in [1.29, 1.82) is 0 Å². The Kier molecular flexibility index (Phi) is 12.3. The molecule has 0 saturated heterocycles. The number of carbonyl (C=O) groups excluding carboxylic acids is 1. The van der Waals surface area contributed by atoms with E-state index in [0.29, 0.717) is 36.0 Å². The molecule has 0 radical (unpaired) electrons. The molecule has 246 valence electrons. The molecule has 8 nitrogen and oxygen atoms in total. The van der Waals surface area contributed by atoms with Gasteiger partial charge in [0, 0.05) is 25.2 Å². The highest BCUT2D eigenvalue weighted by Crippen LogP contribution is 2.32. The lowest BCUT2D eigenvalue weighted by molar-refractivity contribution is 0.101. The molecule has 1 heterocycles. The number of hydrogen-bond acceptors (Lipinski definition) is 6. The third-order valence-corrected chi connectivity index (χ3v) is 7.96. The van der Waals surface area contributed by atoms with Gasteiger partial charge in [0.1, 0.15) is 28.7 Å². The first-order valence-corrected chi connectivity index (χ1v) is 16.5. The summed E-state index contributed by atoms with van der Waals surface area (Å²) in [5, 5.41) is 7.64. The maximum atomic E-state index is 13.4. The van der Waals surface area contributed by atoms with Crippen molar-refractivity contribution in [2.45, 2.75) is 66.2 Å². The monoisotopic (exact) mass is 626 g/mol. The van der Waals surface area contributed by atoms with Crippen molar-refractivity contribution in [3.8, 4) is 34.3 Å². The Bertz CT molecular complexity index is 1530. The Labute approximate surface area is 274 Å². The molecule has 1 N–H and O–H groups in total. The van der Waals surface area contributed by atoms with Crippen LogP contribution in [-0.2, 0) is 12.5 Å². The highest BCUT2D eigenvalue weighted by molar-refractivity contribution is 6.04. The van der Waals surface area contributed by atoms with Crippen LogP contribution in [0.15, 0.2) is 72.8 Å². The van der Waals surface area contributed by atoms with E-state index >= 15 is 0 Å². The van der Waals surface area contributed by atoms with E-state index in [1.54, 1.807) is 17.8 Å². The van der Waals surface area contributed by atoms with E-state index in [0.717, 1.165) is 61.7 Å². The molecule has 1 aromatic heterocycles. The van der Waals surface area contributed by atoms with E-state index in [1.807, 2.05) is 54.6 Å². The van der Waals surface area contributed by atoms with Crippen LogP contribution >= 0.6 is 0 Å². The lowest BCUT2D eigenvalue weighted by Crippen LogP contribution is -2.25. The van der Waals surface area contributed by atoms with Gasteiger partial charge in [-0.1, -0.05) is 60.1 Å². The molecule has 0 aliphatic carbocycles. The number of carbonyl (C=O) groups is 1. The van der Waals surface area contributed by atoms with Gasteiger partial charge in [0.2, 0.25) is 0 Å². The Morgan fingerprint density at radius 1 is 0.826 bits per heavy atom. The zero-order valence-electron chi connectivity index (χ0n) is 28.6. The predicted octanol–water partition coefficient (Wildman–Crippen LogP) is 8.72. The summed E-state index contributed by atoms with van der Waals surface area (Å²) in [6.07, 6.45) is 2.87. The van der Waals surface area contributed by atoms with E-state index in [2.05, 4.69) is 69.0 Å². The highest BCUT2D eigenvalue weighted by Gasteiger charge is 2.18. The largest absolute Gasteiger partial charge is 0.493 e. The van der Waals surface area contributed by atoms with Gasteiger partial charge in [-0.25, -0.2) is 0 Å². The minimum absolute atomic E-state index is 0.0910. The SMILES string of the molecule is CCCCOc1cc(OCCCN(CC)CC)ccc1NC(=O)c1cc(-c2ccc(Oc3ccc(C(C)(C)C)cc3)cc2)nn1C. The summed E-state index contributed by atoms with van der Waals surface area (Å²) >= 11 is 0. The molecule has 4 aromatic rings. The first-order valence-electron chi connectivity index (χ1n) is 16.5. The van der Waals surface area contributed by atoms with Gasteiger partial charge in [0.25, 0.3) is 5.91 Å². The first-order chi connectivity index (χ1) is 22.1. The molecule has 8 heteroatoms. The van der Waals surface area contributed by atoms with E-state index in [4.69, 9.17) is 14.2 Å². The van der Waals surface area contributed by atoms with E-state index in [-0.39, 0.29) is 11.3 Å². The molecule has 0 spiro atoms. The summed E-state index contributed by atoms with van der Waals surface area (Å²) in [6.45, 7) is 17.3. The fourth-order valence-electron chi connectivity index (χ4n) is 5.02. The number of unbranched alkanes of at least 4 members (excludes halogenated alkanes) is 1. The summed E-state index contributed by atoms with van der Waals surface area (Å²) in [6, 6.07) is 23.3. The molecule has 3 aromatic carbocycles. The molecule has 0 unspecified atom stereocenters. The molecule has 46 heavy (non-hydrogen) atoms. The molecule has 4 rings (SSSR count). The third-order valence-electron chi connectivity index (χ3n) is 7.96. The lowest BCUT2D eigenvalue weighted by atomic mass is 9.87. The number of rotatable bonds is 16. The van der Waals surface area contributed by atoms with Crippen molar-refractivity contribution < 1.29 is 19.0 Å². The molecule has 0 aliphatic heterocycles. The Hall–Kier alpha value is -4.30. The molecular weight excluding hydrogens is 576 g/mol. The number of benzene rings is 3. The van der Waals surface area contributed by atoms with E-state index in [9.17, 15) is 4.79 Å². The van der Waals surface area contributed by atoms with Crippen LogP contribution in [0.1, 0.15) is 76.9 Å². The molecule has 0 fully saturated rings. The molecule has 0 bridgehead atoms. The average Bonchev–Trinajstić information content (AvgIpc) is 3.44. The third kappa shape index (κ3) is 9.60. The number of nitrogens with zero attached hydrogens (tertiary/aromatic N) is 3. The predicted molar refractivity (Wildman–Crippen MR) is 187 cm³/mol. The van der Waals surface area contributed by atoms with Crippen LogP contribution in [0.2, 0.25) is 0 Å². The minimum Gasteiger partial charge on any atom is -0.493 e. The van der Waals surface area contributed by atoms with Gasteiger partial charge in [-0.3, -0.25) is 9.48 Å². The number of nitrogens with one attached hydrogen (secondary N) is 1. The van der Waals surface area contributed by atoms with Crippen LogP contribution in [0.5, 0.6) is 23.0 Å². The fraction of sp³-hybridized carbons (Fsp3) is 0.421. The van der Waals surface area contributed by atoms with Crippen LogP contribution in [0.4, 0.5) is 5.69 Å². The fourth-order valence-corrected chi connectivity index (χ4v) is 5.02. The topological polar surface area (TPSA) is 77.8 Å². The summed E-state index contributed by atoms with van der Waals surface area (Å²) < 4.78 is 19.8. The summed E-state index contributed by atoms with van der Waals surface area (Å²) in [4.78, 5) is 15.8. The van der Waals surface area contributed by atoms with Gasteiger partial charge in [0.15, 0.2) is 0 Å². The van der Waals surface area contributed by atoms with Crippen molar-refractivity contribution >= 4 is 11.6 Å². The standard InChI is InChI=1S/C38H50N4O4/c1-8-11-24-45-36-26-32(44-25-12-23-42(9-2)10-3)21-22-33(36)39-37(43)35-27-34(40-41(35)7)28-13-17-30(18-14-28)46-31-19-15-29(16-20-31)38(4,5)6/h13-22,26-27H,8-12,23-25H2,1-7H3,(H,39,43). The second kappa shape index (κ2) is 16.3. The van der Waals surface area contributed by atoms with Crippen LogP contribution < -0.4 is 19.5 Å². The maximum absolute atomic E-state index is 13.4. The van der Waals surface area contributed by atoms with Crippen molar-refractivity contribution in [1.82, 2.24) is 14.7 Å². The average molecular weight is 627 g/mol. The second-order valence-corrected chi connectivity index (χ2v) is 12.5. The van der Waals surface area contributed by atoms with E-state index in [1.165, 1.54) is 5.56 Å². The van der Waals surface area contributed by atoms with E-state index < -0.39 is 0 Å². The van der Waals surface area contributed by atoms with Gasteiger partial charge < -0.3 is 24.4 Å². The van der Waals surface area contributed by atoms with Gasteiger partial charge in [-0.05, 0) is 91.5 Å². The quantitative estimate of drug-likeness (QED) is 0.125.